The van der Waals surface area contributed by atoms with Gasteiger partial charge in [-0.2, -0.15) is 0 Å². The predicted octanol–water partition coefficient (Wildman–Crippen LogP) is 5.06. The Morgan fingerprint density at radius 2 is 0.828 bits per heavy atom. The molecule has 0 bridgehead atoms. The van der Waals surface area contributed by atoms with Crippen LogP contribution in [0.4, 0.5) is 0 Å². The Labute approximate surface area is 209 Å². The van der Waals surface area contributed by atoms with Crippen LogP contribution in [0.3, 0.4) is 0 Å². The van der Waals surface area contributed by atoms with Crippen molar-refractivity contribution in [3.05, 3.63) is 24.3 Å². The van der Waals surface area contributed by atoms with E-state index in [-0.39, 0.29) is 50.6 Å². The quantitative estimate of drug-likeness (QED) is 0.257. The Kier molecular flexibility index (Phi) is 23.1. The molecule has 1 rings (SSSR count). The Morgan fingerprint density at radius 1 is 0.586 bits per heavy atom. The fourth-order valence-electron chi connectivity index (χ4n) is 3.88. The summed E-state index contributed by atoms with van der Waals surface area (Å²) in [5.41, 5.74) is 3.06. The van der Waals surface area contributed by atoms with Crippen LogP contribution in [0.15, 0.2) is 24.3 Å². The van der Waals surface area contributed by atoms with Gasteiger partial charge in [-0.3, -0.25) is 0 Å². The number of rotatable bonds is 9. The van der Waals surface area contributed by atoms with E-state index >= 15 is 0 Å². The summed E-state index contributed by atoms with van der Waals surface area (Å²) in [7, 11) is 0.325. The molecule has 0 heterocycles. The van der Waals surface area contributed by atoms with Gasteiger partial charge in [0.25, 0.3) is 0 Å². The van der Waals surface area contributed by atoms with Gasteiger partial charge in [-0.1, -0.05) is 116 Å². The van der Waals surface area contributed by atoms with Crippen LogP contribution in [0.2, 0.25) is 0 Å². The molecule has 5 heteroatoms. The zero-order valence-corrected chi connectivity index (χ0v) is 26.4. The van der Waals surface area contributed by atoms with Crippen molar-refractivity contribution < 1.29 is 34.8 Å². The van der Waals surface area contributed by atoms with Crippen molar-refractivity contribution in [1.82, 2.24) is 0 Å². The molecule has 0 amide bonds. The average molecular weight is 661 g/mol. The molecular formula is C24H47AuClP3. The molecule has 0 atom stereocenters. The average Bonchev–Trinajstić information content (AvgIpc) is 2.57. The molecule has 0 spiro atoms. The first-order chi connectivity index (χ1) is 12.6. The topological polar surface area (TPSA) is 0 Å². The van der Waals surface area contributed by atoms with Crippen LogP contribution >= 0.6 is 23.8 Å². The Morgan fingerprint density at radius 3 is 0.966 bits per heavy atom. The second-order valence-electron chi connectivity index (χ2n) is 8.30. The molecule has 1 aromatic carbocycles. The zero-order valence-electron chi connectivity index (χ0n) is 20.8. The van der Waals surface area contributed by atoms with E-state index in [4.69, 9.17) is 0 Å². The summed E-state index contributed by atoms with van der Waals surface area (Å²) in [5, 5.41) is 3.36. The van der Waals surface area contributed by atoms with Gasteiger partial charge in [-0.15, -0.1) is 7.92 Å². The maximum Gasteiger partial charge on any atom is 1.00 e. The van der Waals surface area contributed by atoms with Crippen molar-refractivity contribution >= 4 is 34.4 Å². The first-order valence-corrected chi connectivity index (χ1v) is 15.9. The first kappa shape index (κ1) is 35.1. The van der Waals surface area contributed by atoms with E-state index in [1.807, 2.05) is 0 Å². The van der Waals surface area contributed by atoms with Gasteiger partial charge < -0.3 is 12.4 Å². The Bertz CT molecular complexity index is 442. The summed E-state index contributed by atoms with van der Waals surface area (Å²) in [4.78, 5) is 0. The monoisotopic (exact) mass is 660 g/mol. The number of halogens is 1. The molecule has 0 aromatic heterocycles. The zero-order chi connectivity index (χ0) is 21.1. The van der Waals surface area contributed by atoms with Crippen molar-refractivity contribution in [1.29, 1.82) is 0 Å². The second-order valence-corrected chi connectivity index (χ2v) is 18.3. The molecule has 0 aliphatic carbocycles. The normalized spacial score (nSPS) is 11.2. The summed E-state index contributed by atoms with van der Waals surface area (Å²) >= 11 is 0. The minimum atomic E-state index is -0.0603. The van der Waals surface area contributed by atoms with Crippen LogP contribution in [-0.2, 0) is 22.4 Å². The number of hydrogen-bond acceptors (Lipinski definition) is 0. The summed E-state index contributed by atoms with van der Waals surface area (Å²) in [5.74, 6) is 0. The van der Waals surface area contributed by atoms with Crippen molar-refractivity contribution in [3.8, 4) is 0 Å². The van der Waals surface area contributed by atoms with Gasteiger partial charge in [0.1, 0.15) is 0 Å². The maximum absolute atomic E-state index is 2.42. The van der Waals surface area contributed by atoms with Crippen LogP contribution in [0.1, 0.15) is 76.2 Å². The third-order valence-electron chi connectivity index (χ3n) is 5.01. The summed E-state index contributed by atoms with van der Waals surface area (Å²) < 4.78 is 0. The molecule has 0 aliphatic rings. The van der Waals surface area contributed by atoms with Gasteiger partial charge >= 0.3 is 22.4 Å². The standard InChI is InChI=1S/C18H32P2.C6H15P.Au.ClH/c1-13(2)19(14(3)4)17-11-9-10-12-18(17)20(15(5)6)16(7)8;1-4-7(5-2)6-3;;/h9-16H,1-8H3;4-6H2,1-3H3;;1H/q;;+1;/p-1. The van der Waals surface area contributed by atoms with Crippen LogP contribution in [0, 0.1) is 0 Å². The SMILES string of the molecule is CC(C)P(c1ccccc1P(C(C)C)C(C)C)C(C)C.CCP(CC)CC.[Au+].[Cl-]. The van der Waals surface area contributed by atoms with Crippen LogP contribution in [0.5, 0.6) is 0 Å². The van der Waals surface area contributed by atoms with Crippen molar-refractivity contribution in [3.63, 3.8) is 0 Å². The molecule has 0 unspecified atom stereocenters. The van der Waals surface area contributed by atoms with E-state index < -0.39 is 0 Å². The molecule has 0 aliphatic heterocycles. The third kappa shape index (κ3) is 12.4. The maximum atomic E-state index is 2.42. The number of hydrogen-bond donors (Lipinski definition) is 0. The minimum Gasteiger partial charge on any atom is -1.00 e. The van der Waals surface area contributed by atoms with E-state index in [0.717, 1.165) is 22.6 Å². The molecule has 0 N–H and O–H groups in total. The first-order valence-electron chi connectivity index (χ1n) is 11.0. The van der Waals surface area contributed by atoms with Gasteiger partial charge in [0.15, 0.2) is 0 Å². The van der Waals surface area contributed by atoms with Gasteiger partial charge in [-0.05, 0) is 51.7 Å². The fraction of sp³-hybridized carbons (Fsp3) is 0.750. The summed E-state index contributed by atoms with van der Waals surface area (Å²) in [6, 6.07) is 9.32. The smallest absolute Gasteiger partial charge is 1.00 e. The van der Waals surface area contributed by atoms with Crippen LogP contribution in [0.25, 0.3) is 0 Å². The van der Waals surface area contributed by atoms with E-state index in [9.17, 15) is 0 Å². The van der Waals surface area contributed by atoms with Crippen LogP contribution < -0.4 is 23.0 Å². The molecule has 0 saturated carbocycles. The van der Waals surface area contributed by atoms with Crippen molar-refractivity contribution in [2.24, 2.45) is 0 Å². The van der Waals surface area contributed by atoms with Gasteiger partial charge in [0.05, 0.1) is 0 Å². The largest absolute Gasteiger partial charge is 1.00 e. The Balaban J connectivity index is -0.000000649. The van der Waals surface area contributed by atoms with Crippen molar-refractivity contribution in [2.75, 3.05) is 18.5 Å². The molecule has 0 nitrogen and oxygen atoms in total. The van der Waals surface area contributed by atoms with E-state index in [2.05, 4.69) is 100 Å². The summed E-state index contributed by atoms with van der Waals surface area (Å²) in [6.45, 7) is 26.1. The van der Waals surface area contributed by atoms with E-state index in [1.165, 1.54) is 18.5 Å². The molecule has 1 aromatic rings. The molecule has 176 valence electrons. The summed E-state index contributed by atoms with van der Waals surface area (Å²) in [6.07, 6.45) is 4.26. The van der Waals surface area contributed by atoms with Gasteiger partial charge in [-0.25, -0.2) is 0 Å². The molecule has 0 radical (unpaired) electrons. The van der Waals surface area contributed by atoms with Crippen LogP contribution in [-0.4, -0.2) is 41.1 Å². The Hall–Kier alpha value is 1.54. The fourth-order valence-corrected chi connectivity index (χ4v) is 11.7. The molecule has 0 saturated heterocycles. The second kappa shape index (κ2) is 19.0. The molecule has 0 fully saturated rings. The van der Waals surface area contributed by atoms with E-state index in [1.54, 1.807) is 10.6 Å². The number of benzene rings is 1. The predicted molar refractivity (Wildman–Crippen MR) is 139 cm³/mol. The minimum absolute atomic E-state index is 0. The third-order valence-corrected chi connectivity index (χ3v) is 14.2. The van der Waals surface area contributed by atoms with Gasteiger partial charge in [0, 0.05) is 0 Å². The van der Waals surface area contributed by atoms with Gasteiger partial charge in [0.2, 0.25) is 0 Å². The molecule has 29 heavy (non-hydrogen) atoms. The van der Waals surface area contributed by atoms with Crippen molar-refractivity contribution in [2.45, 2.75) is 98.8 Å². The van der Waals surface area contributed by atoms with E-state index in [0.29, 0.717) is 7.92 Å². The molecular weight excluding hydrogens is 614 g/mol.